The molecule has 0 aliphatic carbocycles. The zero-order valence-corrected chi connectivity index (χ0v) is 19.5. The van der Waals surface area contributed by atoms with E-state index in [0.717, 1.165) is 11.1 Å². The lowest BCUT2D eigenvalue weighted by molar-refractivity contribution is -0.383. The molecule has 0 saturated carbocycles. The van der Waals surface area contributed by atoms with E-state index < -0.39 is 10.9 Å². The molecule has 2 N–H and O–H groups in total. The lowest BCUT2D eigenvalue weighted by atomic mass is 10.1. The van der Waals surface area contributed by atoms with Crippen molar-refractivity contribution in [3.05, 3.63) is 82.3 Å². The van der Waals surface area contributed by atoms with E-state index in [1.807, 2.05) is 45.0 Å². The molecular formula is C25H24N6O4. The average molecular weight is 473 g/mol. The monoisotopic (exact) mass is 472 g/mol. The molecule has 2 heterocycles. The van der Waals surface area contributed by atoms with Crippen LogP contribution in [0.3, 0.4) is 0 Å². The lowest BCUT2D eigenvalue weighted by Gasteiger charge is -2.12. The summed E-state index contributed by atoms with van der Waals surface area (Å²) in [5, 5.41) is 18.9. The topological polar surface area (TPSA) is 132 Å². The van der Waals surface area contributed by atoms with Gasteiger partial charge in [-0.05, 0) is 49.2 Å². The summed E-state index contributed by atoms with van der Waals surface area (Å²) in [7, 11) is 0. The molecule has 4 rings (SSSR count). The van der Waals surface area contributed by atoms with Gasteiger partial charge in [-0.1, -0.05) is 32.0 Å². The van der Waals surface area contributed by atoms with Crippen molar-refractivity contribution in [1.29, 1.82) is 0 Å². The zero-order chi connectivity index (χ0) is 24.9. The predicted molar refractivity (Wildman–Crippen MR) is 133 cm³/mol. The minimum absolute atomic E-state index is 0.00649. The number of carbonyl (C=O) groups excluding carboxylic acids is 1. The first-order valence-electron chi connectivity index (χ1n) is 11.0. The molecule has 10 heteroatoms. The number of ether oxygens (including phenoxy) is 1. The molecule has 35 heavy (non-hydrogen) atoms. The molecule has 0 aliphatic rings. The van der Waals surface area contributed by atoms with Gasteiger partial charge in [-0.15, -0.1) is 0 Å². The fourth-order valence-electron chi connectivity index (χ4n) is 3.36. The fraction of sp³-hybridized carbons (Fsp3) is 0.200. The Kier molecular flexibility index (Phi) is 6.81. The van der Waals surface area contributed by atoms with Gasteiger partial charge in [0.2, 0.25) is 11.6 Å². The lowest BCUT2D eigenvalue weighted by Crippen LogP contribution is -2.10. The number of hydrogen-bond donors (Lipinski definition) is 2. The third-order valence-electron chi connectivity index (χ3n) is 5.05. The summed E-state index contributed by atoms with van der Waals surface area (Å²) in [6.07, 6.45) is 1.24. The van der Waals surface area contributed by atoms with Crippen molar-refractivity contribution in [2.24, 2.45) is 5.92 Å². The zero-order valence-electron chi connectivity index (χ0n) is 19.5. The van der Waals surface area contributed by atoms with Crippen LogP contribution < -0.4 is 10.6 Å². The van der Waals surface area contributed by atoms with Gasteiger partial charge < -0.3 is 15.4 Å². The summed E-state index contributed by atoms with van der Waals surface area (Å²) in [5.74, 6) is -0.164. The van der Waals surface area contributed by atoms with Crippen LogP contribution >= 0.6 is 0 Å². The summed E-state index contributed by atoms with van der Waals surface area (Å²) in [6, 6.07) is 15.8. The van der Waals surface area contributed by atoms with Crippen LogP contribution in [-0.2, 0) is 4.74 Å². The third kappa shape index (κ3) is 5.49. The maximum Gasteiger partial charge on any atom is 0.353 e. The molecule has 10 nitrogen and oxygen atoms in total. The highest BCUT2D eigenvalue weighted by atomic mass is 16.6. The van der Waals surface area contributed by atoms with E-state index in [1.165, 1.54) is 6.33 Å². The highest BCUT2D eigenvalue weighted by molar-refractivity contribution is 5.93. The molecule has 2 aromatic heterocycles. The van der Waals surface area contributed by atoms with Crippen molar-refractivity contribution < 1.29 is 14.5 Å². The van der Waals surface area contributed by atoms with Gasteiger partial charge in [-0.25, -0.2) is 14.8 Å². The standard InChI is InChI=1S/C25H24N6O4/c1-15(2)13-35-25(32)18-9-11-19(12-10-18)29-23-22(31(33)34)24(27-14-26-23)30-20-6-4-5-17-8-7-16(3)28-21(17)20/h4-12,14-15H,13H2,1-3H3,(H2,26,27,29,30). The number of aryl methyl sites for hydroxylation is 1. The molecule has 0 radical (unpaired) electrons. The molecule has 0 aliphatic heterocycles. The summed E-state index contributed by atoms with van der Waals surface area (Å²) in [6.45, 7) is 6.11. The number of pyridine rings is 1. The molecule has 0 fully saturated rings. The maximum atomic E-state index is 12.1. The summed E-state index contributed by atoms with van der Waals surface area (Å²) < 4.78 is 5.23. The molecule has 0 unspecified atom stereocenters. The van der Waals surface area contributed by atoms with Gasteiger partial charge in [0.1, 0.15) is 6.33 Å². The van der Waals surface area contributed by atoms with Crippen molar-refractivity contribution in [3.8, 4) is 0 Å². The van der Waals surface area contributed by atoms with Gasteiger partial charge in [-0.3, -0.25) is 15.1 Å². The van der Waals surface area contributed by atoms with Crippen LogP contribution in [0.4, 0.5) is 28.7 Å². The first kappa shape index (κ1) is 23.6. The number of nitrogens with zero attached hydrogens (tertiary/aromatic N) is 4. The van der Waals surface area contributed by atoms with Crippen LogP contribution in [0.2, 0.25) is 0 Å². The molecule has 0 spiro atoms. The Morgan fingerprint density at radius 3 is 2.43 bits per heavy atom. The number of nitro groups is 1. The van der Waals surface area contributed by atoms with Crippen molar-refractivity contribution in [3.63, 3.8) is 0 Å². The van der Waals surface area contributed by atoms with E-state index in [2.05, 4.69) is 25.6 Å². The van der Waals surface area contributed by atoms with Crippen LogP contribution in [0, 0.1) is 23.0 Å². The second-order valence-electron chi connectivity index (χ2n) is 8.33. The molecule has 2 aromatic carbocycles. The van der Waals surface area contributed by atoms with Gasteiger partial charge in [0, 0.05) is 16.8 Å². The highest BCUT2D eigenvalue weighted by Crippen LogP contribution is 2.34. The van der Waals surface area contributed by atoms with Gasteiger partial charge >= 0.3 is 11.7 Å². The molecule has 0 saturated heterocycles. The van der Waals surface area contributed by atoms with Crippen molar-refractivity contribution in [2.45, 2.75) is 20.8 Å². The highest BCUT2D eigenvalue weighted by Gasteiger charge is 2.24. The maximum absolute atomic E-state index is 12.1. The van der Waals surface area contributed by atoms with E-state index in [1.54, 1.807) is 30.3 Å². The number of esters is 1. The molecule has 0 atom stereocenters. The van der Waals surface area contributed by atoms with Crippen LogP contribution in [0.5, 0.6) is 0 Å². The average Bonchev–Trinajstić information content (AvgIpc) is 2.83. The summed E-state index contributed by atoms with van der Waals surface area (Å²) in [4.78, 5) is 36.3. The Hall–Kier alpha value is -4.60. The van der Waals surface area contributed by atoms with Crippen molar-refractivity contribution in [1.82, 2.24) is 15.0 Å². The Balaban J connectivity index is 1.61. The van der Waals surface area contributed by atoms with Gasteiger partial charge in [0.25, 0.3) is 0 Å². The SMILES string of the molecule is Cc1ccc2cccc(Nc3ncnc(Nc4ccc(C(=O)OCC(C)C)cc4)c3[N+](=O)[O-])c2n1. The number of nitrogens with one attached hydrogen (secondary N) is 2. The minimum atomic E-state index is -0.549. The molecular weight excluding hydrogens is 448 g/mol. The smallest absolute Gasteiger partial charge is 0.353 e. The Bertz CT molecular complexity index is 1390. The van der Waals surface area contributed by atoms with E-state index >= 15 is 0 Å². The van der Waals surface area contributed by atoms with Gasteiger partial charge in [-0.2, -0.15) is 0 Å². The number of aromatic nitrogens is 3. The van der Waals surface area contributed by atoms with Gasteiger partial charge in [0.15, 0.2) is 0 Å². The van der Waals surface area contributed by atoms with Gasteiger partial charge in [0.05, 0.1) is 28.3 Å². The molecule has 0 bridgehead atoms. The second kappa shape index (κ2) is 10.1. The number of rotatable bonds is 8. The van der Waals surface area contributed by atoms with Crippen molar-refractivity contribution in [2.75, 3.05) is 17.2 Å². The molecule has 0 amide bonds. The van der Waals surface area contributed by atoms with E-state index in [4.69, 9.17) is 4.74 Å². The first-order chi connectivity index (χ1) is 16.8. The summed E-state index contributed by atoms with van der Waals surface area (Å²) in [5.41, 5.74) is 2.66. The van der Waals surface area contributed by atoms with Crippen LogP contribution in [0.15, 0.2) is 60.9 Å². The van der Waals surface area contributed by atoms with E-state index in [-0.39, 0.29) is 23.2 Å². The van der Waals surface area contributed by atoms with Crippen LogP contribution in [0.25, 0.3) is 10.9 Å². The second-order valence-corrected chi connectivity index (χ2v) is 8.33. The predicted octanol–water partition coefficient (Wildman–Crippen LogP) is 5.54. The quantitative estimate of drug-likeness (QED) is 0.193. The fourth-order valence-corrected chi connectivity index (χ4v) is 3.36. The summed E-state index contributed by atoms with van der Waals surface area (Å²) >= 11 is 0. The molecule has 4 aromatic rings. The third-order valence-corrected chi connectivity index (χ3v) is 5.05. The van der Waals surface area contributed by atoms with E-state index in [0.29, 0.717) is 29.1 Å². The minimum Gasteiger partial charge on any atom is -0.462 e. The number of carbonyl (C=O) groups is 1. The molecule has 178 valence electrons. The number of anilines is 4. The Morgan fingerprint density at radius 1 is 1.03 bits per heavy atom. The number of benzene rings is 2. The number of para-hydroxylation sites is 1. The largest absolute Gasteiger partial charge is 0.462 e. The Morgan fingerprint density at radius 2 is 1.74 bits per heavy atom. The Labute approximate surface area is 201 Å². The normalized spacial score (nSPS) is 10.9. The number of hydrogen-bond acceptors (Lipinski definition) is 9. The van der Waals surface area contributed by atoms with Crippen molar-refractivity contribution >= 4 is 45.6 Å². The van der Waals surface area contributed by atoms with Crippen LogP contribution in [0.1, 0.15) is 29.9 Å². The first-order valence-corrected chi connectivity index (χ1v) is 11.0. The number of fused-ring (bicyclic) bond motifs is 1. The van der Waals surface area contributed by atoms with E-state index in [9.17, 15) is 14.9 Å². The van der Waals surface area contributed by atoms with Crippen LogP contribution in [-0.4, -0.2) is 32.5 Å².